The van der Waals surface area contributed by atoms with Gasteiger partial charge in [0.2, 0.25) is 0 Å². The summed E-state index contributed by atoms with van der Waals surface area (Å²) >= 11 is 0. The van der Waals surface area contributed by atoms with Crippen molar-refractivity contribution in [2.75, 3.05) is 12.3 Å². The van der Waals surface area contributed by atoms with E-state index in [1.807, 2.05) is 19.9 Å². The SMILES string of the molecule is CCOC(=O)CCC(C)c1nccc(C)c1N. The number of nitrogens with zero attached hydrogens (tertiary/aromatic N) is 1. The van der Waals surface area contributed by atoms with Crippen LogP contribution in [0.1, 0.15) is 43.9 Å². The van der Waals surface area contributed by atoms with Gasteiger partial charge in [-0.25, -0.2) is 0 Å². The topological polar surface area (TPSA) is 65.2 Å². The van der Waals surface area contributed by atoms with Gasteiger partial charge >= 0.3 is 5.97 Å². The maximum atomic E-state index is 11.3. The van der Waals surface area contributed by atoms with Gasteiger partial charge in [0.05, 0.1) is 18.0 Å². The van der Waals surface area contributed by atoms with Crippen molar-refractivity contribution >= 4 is 11.7 Å². The lowest BCUT2D eigenvalue weighted by Gasteiger charge is -2.14. The van der Waals surface area contributed by atoms with Crippen molar-refractivity contribution in [1.29, 1.82) is 0 Å². The molecule has 0 aliphatic carbocycles. The van der Waals surface area contributed by atoms with E-state index in [-0.39, 0.29) is 11.9 Å². The number of hydrogen-bond donors (Lipinski definition) is 1. The van der Waals surface area contributed by atoms with Crippen molar-refractivity contribution in [3.8, 4) is 0 Å². The predicted octanol–water partition coefficient (Wildman–Crippen LogP) is 2.42. The quantitative estimate of drug-likeness (QED) is 0.797. The zero-order chi connectivity index (χ0) is 12.8. The minimum atomic E-state index is -0.162. The average Bonchev–Trinajstić information content (AvgIpc) is 2.30. The third-order valence-electron chi connectivity index (χ3n) is 2.79. The Morgan fingerprint density at radius 1 is 1.59 bits per heavy atom. The molecule has 94 valence electrons. The Balaban J connectivity index is 2.61. The van der Waals surface area contributed by atoms with Gasteiger partial charge in [-0.05, 0) is 31.9 Å². The number of carbonyl (C=O) groups is 1. The number of carbonyl (C=O) groups excluding carboxylic acids is 1. The number of hydrogen-bond acceptors (Lipinski definition) is 4. The number of nitrogen functional groups attached to an aromatic ring is 1. The molecule has 0 amide bonds. The summed E-state index contributed by atoms with van der Waals surface area (Å²) < 4.78 is 4.89. The van der Waals surface area contributed by atoms with Crippen LogP contribution >= 0.6 is 0 Å². The van der Waals surface area contributed by atoms with Crippen LogP contribution in [0.5, 0.6) is 0 Å². The van der Waals surface area contributed by atoms with Gasteiger partial charge in [-0.1, -0.05) is 6.92 Å². The molecule has 0 fully saturated rings. The van der Waals surface area contributed by atoms with E-state index < -0.39 is 0 Å². The highest BCUT2D eigenvalue weighted by atomic mass is 16.5. The number of aryl methyl sites for hydroxylation is 1. The molecule has 0 aromatic carbocycles. The number of rotatable bonds is 5. The minimum Gasteiger partial charge on any atom is -0.466 e. The molecule has 0 saturated heterocycles. The van der Waals surface area contributed by atoms with E-state index in [4.69, 9.17) is 10.5 Å². The number of esters is 1. The first-order valence-electron chi connectivity index (χ1n) is 5.92. The first kappa shape index (κ1) is 13.5. The lowest BCUT2D eigenvalue weighted by molar-refractivity contribution is -0.143. The number of pyridine rings is 1. The van der Waals surface area contributed by atoms with E-state index in [0.717, 1.165) is 16.9 Å². The molecule has 1 aromatic heterocycles. The largest absolute Gasteiger partial charge is 0.466 e. The van der Waals surface area contributed by atoms with Crippen molar-refractivity contribution in [3.63, 3.8) is 0 Å². The molecule has 0 radical (unpaired) electrons. The van der Waals surface area contributed by atoms with Crippen LogP contribution in [0.4, 0.5) is 5.69 Å². The molecule has 0 aliphatic rings. The molecule has 0 saturated carbocycles. The summed E-state index contributed by atoms with van der Waals surface area (Å²) in [4.78, 5) is 15.5. The van der Waals surface area contributed by atoms with E-state index in [1.54, 1.807) is 13.1 Å². The van der Waals surface area contributed by atoms with Gasteiger partial charge in [-0.2, -0.15) is 0 Å². The number of ether oxygens (including phenoxy) is 1. The number of anilines is 1. The summed E-state index contributed by atoms with van der Waals surface area (Å²) in [6.45, 7) is 6.22. The average molecular weight is 236 g/mol. The summed E-state index contributed by atoms with van der Waals surface area (Å²) in [5.74, 6) is 0.00452. The Kier molecular flexibility index (Phi) is 4.94. The first-order valence-corrected chi connectivity index (χ1v) is 5.92. The van der Waals surface area contributed by atoms with E-state index in [2.05, 4.69) is 4.98 Å². The zero-order valence-corrected chi connectivity index (χ0v) is 10.7. The fourth-order valence-electron chi connectivity index (χ4n) is 1.69. The number of nitrogens with two attached hydrogens (primary N) is 1. The van der Waals surface area contributed by atoms with Crippen LogP contribution in [0.3, 0.4) is 0 Å². The molecule has 1 unspecified atom stereocenters. The van der Waals surface area contributed by atoms with Crippen molar-refractivity contribution in [1.82, 2.24) is 4.98 Å². The molecule has 4 nitrogen and oxygen atoms in total. The third kappa shape index (κ3) is 3.73. The molecule has 0 aliphatic heterocycles. The zero-order valence-electron chi connectivity index (χ0n) is 10.7. The third-order valence-corrected chi connectivity index (χ3v) is 2.79. The summed E-state index contributed by atoms with van der Waals surface area (Å²) in [7, 11) is 0. The van der Waals surface area contributed by atoms with E-state index >= 15 is 0 Å². The molecule has 4 heteroatoms. The summed E-state index contributed by atoms with van der Waals surface area (Å²) in [6.07, 6.45) is 2.87. The van der Waals surface area contributed by atoms with Crippen LogP contribution in [0.25, 0.3) is 0 Å². The molecular weight excluding hydrogens is 216 g/mol. The molecule has 1 heterocycles. The summed E-state index contributed by atoms with van der Waals surface area (Å²) in [5, 5.41) is 0. The van der Waals surface area contributed by atoms with Crippen molar-refractivity contribution in [2.45, 2.75) is 39.5 Å². The van der Waals surface area contributed by atoms with E-state index in [0.29, 0.717) is 19.4 Å². The first-order chi connectivity index (χ1) is 8.06. The van der Waals surface area contributed by atoms with E-state index in [1.165, 1.54) is 0 Å². The fraction of sp³-hybridized carbons (Fsp3) is 0.538. The van der Waals surface area contributed by atoms with Crippen LogP contribution in [0.15, 0.2) is 12.3 Å². The summed E-state index contributed by atoms with van der Waals surface area (Å²) in [5.41, 5.74) is 8.59. The van der Waals surface area contributed by atoms with Gasteiger partial charge in [0.25, 0.3) is 0 Å². The Morgan fingerprint density at radius 3 is 2.94 bits per heavy atom. The van der Waals surface area contributed by atoms with Crippen molar-refractivity contribution in [3.05, 3.63) is 23.5 Å². The van der Waals surface area contributed by atoms with Crippen molar-refractivity contribution < 1.29 is 9.53 Å². The predicted molar refractivity (Wildman–Crippen MR) is 67.7 cm³/mol. The lowest BCUT2D eigenvalue weighted by Crippen LogP contribution is -2.08. The Morgan fingerprint density at radius 2 is 2.29 bits per heavy atom. The van der Waals surface area contributed by atoms with Gasteiger partial charge in [-0.15, -0.1) is 0 Å². The Hall–Kier alpha value is -1.58. The van der Waals surface area contributed by atoms with Crippen LogP contribution < -0.4 is 5.73 Å². The van der Waals surface area contributed by atoms with Crippen LogP contribution in [-0.4, -0.2) is 17.6 Å². The second-order valence-corrected chi connectivity index (χ2v) is 4.17. The van der Waals surface area contributed by atoms with Gasteiger partial charge < -0.3 is 10.5 Å². The van der Waals surface area contributed by atoms with Crippen LogP contribution in [0.2, 0.25) is 0 Å². The number of aromatic nitrogens is 1. The smallest absolute Gasteiger partial charge is 0.305 e. The molecule has 2 N–H and O–H groups in total. The maximum absolute atomic E-state index is 11.3. The molecule has 17 heavy (non-hydrogen) atoms. The monoisotopic (exact) mass is 236 g/mol. The van der Waals surface area contributed by atoms with Gasteiger partial charge in [0.15, 0.2) is 0 Å². The normalized spacial score (nSPS) is 12.2. The highest BCUT2D eigenvalue weighted by Gasteiger charge is 2.14. The second kappa shape index (κ2) is 6.23. The maximum Gasteiger partial charge on any atom is 0.305 e. The molecule has 1 aromatic rings. The molecular formula is C13H20N2O2. The van der Waals surface area contributed by atoms with Gasteiger partial charge in [0.1, 0.15) is 0 Å². The van der Waals surface area contributed by atoms with Crippen molar-refractivity contribution in [2.24, 2.45) is 0 Å². The standard InChI is InChI=1S/C13H20N2O2/c1-4-17-11(16)6-5-10(3)13-12(14)9(2)7-8-15-13/h7-8,10H,4-6,14H2,1-3H3. The molecule has 0 spiro atoms. The van der Waals surface area contributed by atoms with Crippen LogP contribution in [-0.2, 0) is 9.53 Å². The Bertz CT molecular complexity index is 391. The molecule has 1 rings (SSSR count). The lowest BCUT2D eigenvalue weighted by atomic mass is 9.98. The highest BCUT2D eigenvalue weighted by molar-refractivity contribution is 5.69. The second-order valence-electron chi connectivity index (χ2n) is 4.17. The Labute approximate surface area is 102 Å². The van der Waals surface area contributed by atoms with Gasteiger partial charge in [-0.3, -0.25) is 9.78 Å². The van der Waals surface area contributed by atoms with E-state index in [9.17, 15) is 4.79 Å². The molecule has 0 bridgehead atoms. The van der Waals surface area contributed by atoms with Crippen LogP contribution in [0, 0.1) is 6.92 Å². The summed E-state index contributed by atoms with van der Waals surface area (Å²) in [6, 6.07) is 1.89. The molecule has 1 atom stereocenters. The highest BCUT2D eigenvalue weighted by Crippen LogP contribution is 2.25. The minimum absolute atomic E-state index is 0.162. The van der Waals surface area contributed by atoms with Gasteiger partial charge in [0, 0.05) is 18.5 Å². The fourth-order valence-corrected chi connectivity index (χ4v) is 1.69.